The number of nitrogens with zero attached hydrogens (tertiary/aromatic N) is 1. The van der Waals surface area contributed by atoms with E-state index in [2.05, 4.69) is 15.9 Å². The zero-order valence-corrected chi connectivity index (χ0v) is 13.1. The third kappa shape index (κ3) is 5.20. The average molecular weight is 330 g/mol. The highest BCUT2D eigenvalue weighted by Gasteiger charge is 2.13. The lowest BCUT2D eigenvalue weighted by Gasteiger charge is -2.19. The predicted molar refractivity (Wildman–Crippen MR) is 78.7 cm³/mol. The monoisotopic (exact) mass is 329 g/mol. The van der Waals surface area contributed by atoms with Crippen LogP contribution in [0, 0.1) is 5.92 Å². The van der Waals surface area contributed by atoms with Crippen molar-refractivity contribution in [3.8, 4) is 5.75 Å². The Bertz CT molecular complexity index is 437. The van der Waals surface area contributed by atoms with Crippen molar-refractivity contribution in [2.24, 2.45) is 5.92 Å². The third-order valence-electron chi connectivity index (χ3n) is 3.01. The molecule has 1 unspecified atom stereocenters. The lowest BCUT2D eigenvalue weighted by Crippen LogP contribution is -2.30. The van der Waals surface area contributed by atoms with Crippen molar-refractivity contribution in [2.45, 2.75) is 13.3 Å². The van der Waals surface area contributed by atoms with E-state index in [9.17, 15) is 4.79 Å². The fraction of sp³-hybridized carbons (Fsp3) is 0.500. The Kier molecular flexibility index (Phi) is 6.31. The standard InChI is InChI=1S/C14H20BrNO3/c1-10(14(17)18)9-16(2)7-6-11-4-5-13(19-3)12(15)8-11/h4-5,8,10H,6-7,9H2,1-3H3,(H,17,18). The lowest BCUT2D eigenvalue weighted by molar-refractivity contribution is -0.141. The molecule has 0 saturated heterocycles. The van der Waals surface area contributed by atoms with Gasteiger partial charge < -0.3 is 14.7 Å². The molecule has 0 saturated carbocycles. The first-order valence-corrected chi connectivity index (χ1v) is 6.97. The number of benzene rings is 1. The Morgan fingerprint density at radius 2 is 2.21 bits per heavy atom. The minimum absolute atomic E-state index is 0.340. The topological polar surface area (TPSA) is 49.8 Å². The molecule has 0 radical (unpaired) electrons. The summed E-state index contributed by atoms with van der Waals surface area (Å²) in [4.78, 5) is 12.8. The Morgan fingerprint density at radius 3 is 2.74 bits per heavy atom. The number of halogens is 1. The van der Waals surface area contributed by atoms with Crippen molar-refractivity contribution >= 4 is 21.9 Å². The number of carboxylic acids is 1. The summed E-state index contributed by atoms with van der Waals surface area (Å²) in [6.45, 7) is 3.12. The number of methoxy groups -OCH3 is 1. The van der Waals surface area contributed by atoms with Crippen molar-refractivity contribution in [3.63, 3.8) is 0 Å². The highest BCUT2D eigenvalue weighted by molar-refractivity contribution is 9.10. The number of carboxylic acid groups (broad SMARTS) is 1. The van der Waals surface area contributed by atoms with E-state index in [1.807, 2.05) is 30.1 Å². The SMILES string of the molecule is COc1ccc(CCN(C)CC(C)C(=O)O)cc1Br. The van der Waals surface area contributed by atoms with Crippen LogP contribution in [0.5, 0.6) is 5.75 Å². The molecular formula is C14H20BrNO3. The molecule has 0 aromatic heterocycles. The average Bonchev–Trinajstić information content (AvgIpc) is 2.36. The van der Waals surface area contributed by atoms with E-state index in [1.54, 1.807) is 14.0 Å². The van der Waals surface area contributed by atoms with Gasteiger partial charge in [-0.1, -0.05) is 13.0 Å². The van der Waals surface area contributed by atoms with Gasteiger partial charge in [-0.25, -0.2) is 0 Å². The van der Waals surface area contributed by atoms with E-state index in [4.69, 9.17) is 9.84 Å². The summed E-state index contributed by atoms with van der Waals surface area (Å²) >= 11 is 3.46. The second-order valence-corrected chi connectivity index (χ2v) is 5.57. The number of ether oxygens (including phenoxy) is 1. The van der Waals surface area contributed by atoms with Crippen molar-refractivity contribution in [1.82, 2.24) is 4.90 Å². The van der Waals surface area contributed by atoms with Crippen molar-refractivity contribution in [3.05, 3.63) is 28.2 Å². The van der Waals surface area contributed by atoms with Gasteiger partial charge in [-0.3, -0.25) is 4.79 Å². The van der Waals surface area contributed by atoms with Crippen LogP contribution in [0.2, 0.25) is 0 Å². The van der Waals surface area contributed by atoms with Gasteiger partial charge in [0.2, 0.25) is 0 Å². The van der Waals surface area contributed by atoms with E-state index in [-0.39, 0.29) is 5.92 Å². The zero-order chi connectivity index (χ0) is 14.4. The predicted octanol–water partition coefficient (Wildman–Crippen LogP) is 2.65. The Hall–Kier alpha value is -1.07. The van der Waals surface area contributed by atoms with Crippen LogP contribution < -0.4 is 4.74 Å². The van der Waals surface area contributed by atoms with Crippen LogP contribution in [0.4, 0.5) is 0 Å². The summed E-state index contributed by atoms with van der Waals surface area (Å²) < 4.78 is 6.12. The molecule has 1 N–H and O–H groups in total. The second kappa shape index (κ2) is 7.50. The second-order valence-electron chi connectivity index (χ2n) is 4.72. The van der Waals surface area contributed by atoms with Crippen molar-refractivity contribution in [1.29, 1.82) is 0 Å². The molecule has 1 aromatic rings. The molecule has 0 aliphatic rings. The minimum atomic E-state index is -0.751. The van der Waals surface area contributed by atoms with E-state index in [0.29, 0.717) is 6.54 Å². The van der Waals surface area contributed by atoms with Crippen LogP contribution >= 0.6 is 15.9 Å². The highest BCUT2D eigenvalue weighted by Crippen LogP contribution is 2.25. The maximum absolute atomic E-state index is 10.8. The Morgan fingerprint density at radius 1 is 1.53 bits per heavy atom. The molecule has 0 aliphatic heterocycles. The highest BCUT2D eigenvalue weighted by atomic mass is 79.9. The van der Waals surface area contributed by atoms with Gasteiger partial charge in [-0.2, -0.15) is 0 Å². The van der Waals surface area contributed by atoms with Crippen LogP contribution in [-0.2, 0) is 11.2 Å². The molecule has 0 amide bonds. The first-order valence-electron chi connectivity index (χ1n) is 6.17. The van der Waals surface area contributed by atoms with Crippen molar-refractivity contribution in [2.75, 3.05) is 27.2 Å². The maximum Gasteiger partial charge on any atom is 0.307 e. The fourth-order valence-corrected chi connectivity index (χ4v) is 2.41. The van der Waals surface area contributed by atoms with Crippen LogP contribution in [0.3, 0.4) is 0 Å². The fourth-order valence-electron chi connectivity index (χ4n) is 1.82. The van der Waals surface area contributed by atoms with Crippen molar-refractivity contribution < 1.29 is 14.6 Å². The van der Waals surface area contributed by atoms with Gasteiger partial charge in [0.15, 0.2) is 0 Å². The van der Waals surface area contributed by atoms with Gasteiger partial charge in [0, 0.05) is 13.1 Å². The lowest BCUT2D eigenvalue weighted by atomic mass is 10.1. The van der Waals surface area contributed by atoms with Gasteiger partial charge in [-0.05, 0) is 47.1 Å². The zero-order valence-electron chi connectivity index (χ0n) is 11.5. The minimum Gasteiger partial charge on any atom is -0.496 e. The first kappa shape index (κ1) is 16.0. The number of likely N-dealkylation sites (N-methyl/N-ethyl adjacent to an activating group) is 1. The molecule has 1 rings (SSSR count). The number of hydrogen-bond donors (Lipinski definition) is 1. The molecule has 0 spiro atoms. The number of hydrogen-bond acceptors (Lipinski definition) is 3. The Labute approximate surface area is 122 Å². The maximum atomic E-state index is 10.8. The first-order chi connectivity index (χ1) is 8.93. The summed E-state index contributed by atoms with van der Waals surface area (Å²) in [6, 6.07) is 5.99. The van der Waals surface area contributed by atoms with Gasteiger partial charge in [-0.15, -0.1) is 0 Å². The molecule has 4 nitrogen and oxygen atoms in total. The molecule has 1 aromatic carbocycles. The van der Waals surface area contributed by atoms with Gasteiger partial charge in [0.05, 0.1) is 17.5 Å². The molecule has 106 valence electrons. The molecule has 0 heterocycles. The summed E-state index contributed by atoms with van der Waals surface area (Å²) in [6.07, 6.45) is 0.880. The van der Waals surface area contributed by atoms with Gasteiger partial charge >= 0.3 is 5.97 Å². The molecule has 1 atom stereocenters. The van der Waals surface area contributed by atoms with Gasteiger partial charge in [0.25, 0.3) is 0 Å². The van der Waals surface area contributed by atoms with Crippen LogP contribution in [-0.4, -0.2) is 43.2 Å². The van der Waals surface area contributed by atoms with E-state index < -0.39 is 5.97 Å². The Balaban J connectivity index is 2.48. The largest absolute Gasteiger partial charge is 0.496 e. The number of carbonyl (C=O) groups is 1. The van der Waals surface area contributed by atoms with Crippen LogP contribution in [0.25, 0.3) is 0 Å². The quantitative estimate of drug-likeness (QED) is 0.835. The molecule has 0 fully saturated rings. The van der Waals surface area contributed by atoms with Crippen LogP contribution in [0.1, 0.15) is 12.5 Å². The molecule has 0 bridgehead atoms. The van der Waals surface area contributed by atoms with E-state index >= 15 is 0 Å². The smallest absolute Gasteiger partial charge is 0.307 e. The van der Waals surface area contributed by atoms with Crippen LogP contribution in [0.15, 0.2) is 22.7 Å². The normalized spacial score (nSPS) is 12.5. The van der Waals surface area contributed by atoms with E-state index in [0.717, 1.165) is 23.2 Å². The molecule has 19 heavy (non-hydrogen) atoms. The van der Waals surface area contributed by atoms with E-state index in [1.165, 1.54) is 5.56 Å². The summed E-state index contributed by atoms with van der Waals surface area (Å²) in [5, 5.41) is 8.86. The molecular weight excluding hydrogens is 310 g/mol. The summed E-state index contributed by atoms with van der Waals surface area (Å²) in [5.41, 5.74) is 1.20. The third-order valence-corrected chi connectivity index (χ3v) is 3.63. The number of rotatable bonds is 7. The van der Waals surface area contributed by atoms with Gasteiger partial charge in [0.1, 0.15) is 5.75 Å². The molecule has 5 heteroatoms. The summed E-state index contributed by atoms with van der Waals surface area (Å²) in [5.74, 6) is -0.275. The number of aliphatic carboxylic acids is 1. The molecule has 0 aliphatic carbocycles. The summed E-state index contributed by atoms with van der Waals surface area (Å²) in [7, 11) is 3.58.